The van der Waals surface area contributed by atoms with Gasteiger partial charge in [0.2, 0.25) is 0 Å². The van der Waals surface area contributed by atoms with Gasteiger partial charge in [-0.05, 0) is 138 Å². The summed E-state index contributed by atoms with van der Waals surface area (Å²) in [5.74, 6) is 2.41. The van der Waals surface area contributed by atoms with E-state index in [9.17, 15) is 0 Å². The number of hydrogen-bond acceptors (Lipinski definition) is 3. The Morgan fingerprint density at radius 3 is 1.91 bits per heavy atom. The molecule has 0 bridgehead atoms. The molecular weight excluding hydrogens is 469 g/mol. The van der Waals surface area contributed by atoms with Crippen LogP contribution in [0.3, 0.4) is 0 Å². The second-order valence-electron chi connectivity index (χ2n) is 15.5. The average Bonchev–Trinajstić information content (AvgIpc) is 2.96. The molecule has 4 aliphatic carbocycles. The van der Waals surface area contributed by atoms with Crippen LogP contribution >= 0.6 is 0 Å². The van der Waals surface area contributed by atoms with Gasteiger partial charge in [-0.1, -0.05) is 19.9 Å². The maximum absolute atomic E-state index is 6.98. The van der Waals surface area contributed by atoms with Gasteiger partial charge in [0.1, 0.15) is 0 Å². The number of allylic oxidation sites excluding steroid dienone is 1. The zero-order chi connectivity index (χ0) is 25.3. The Balaban J connectivity index is 1.63. The molecule has 0 N–H and O–H groups in total. The fourth-order valence-electron chi connectivity index (χ4n) is 8.35. The molecule has 4 rings (SSSR count). The van der Waals surface area contributed by atoms with Crippen LogP contribution in [0.25, 0.3) is 0 Å². The maximum atomic E-state index is 6.98. The van der Waals surface area contributed by atoms with Crippen molar-refractivity contribution in [3.63, 3.8) is 0 Å². The number of rotatable bonds is 6. The lowest BCUT2D eigenvalue weighted by atomic mass is 9.47. The van der Waals surface area contributed by atoms with Crippen molar-refractivity contribution in [1.82, 2.24) is 0 Å². The maximum Gasteiger partial charge on any atom is 0.184 e. The Kier molecular flexibility index (Phi) is 7.18. The molecule has 8 atom stereocenters. The van der Waals surface area contributed by atoms with Gasteiger partial charge < -0.3 is 13.3 Å². The van der Waals surface area contributed by atoms with E-state index >= 15 is 0 Å². The van der Waals surface area contributed by atoms with Gasteiger partial charge in [0, 0.05) is 0 Å². The van der Waals surface area contributed by atoms with E-state index in [1.807, 2.05) is 0 Å². The highest BCUT2D eigenvalue weighted by Crippen LogP contribution is 2.65. The van der Waals surface area contributed by atoms with Gasteiger partial charge in [-0.25, -0.2) is 0 Å². The minimum absolute atomic E-state index is 0.165. The van der Waals surface area contributed by atoms with E-state index in [4.69, 9.17) is 13.3 Å². The lowest BCUT2D eigenvalue weighted by molar-refractivity contribution is -0.0805. The third-order valence-electron chi connectivity index (χ3n) is 9.51. The number of hydrogen-bond donors (Lipinski definition) is 0. The third-order valence-corrected chi connectivity index (χ3v) is 12.5. The summed E-state index contributed by atoms with van der Waals surface area (Å²) < 4.78 is 20.6. The lowest BCUT2D eigenvalue weighted by Crippen LogP contribution is -2.57. The molecule has 3 nitrogen and oxygen atoms in total. The predicted molar refractivity (Wildman–Crippen MR) is 152 cm³/mol. The first-order valence-corrected chi connectivity index (χ1v) is 24.4. The minimum atomic E-state index is -1.70. The summed E-state index contributed by atoms with van der Waals surface area (Å²) in [6, 6.07) is 0. The summed E-state index contributed by atoms with van der Waals surface area (Å²) in [5.41, 5.74) is 2.25. The molecule has 3 fully saturated rings. The zero-order valence-corrected chi connectivity index (χ0v) is 27.2. The van der Waals surface area contributed by atoms with Crippen molar-refractivity contribution in [2.45, 2.75) is 136 Å². The van der Waals surface area contributed by atoms with Crippen LogP contribution in [0.1, 0.15) is 58.8 Å². The van der Waals surface area contributed by atoms with Gasteiger partial charge in [0.15, 0.2) is 25.0 Å². The molecule has 196 valence electrons. The Bertz CT molecular complexity index is 792. The fourth-order valence-corrected chi connectivity index (χ4v) is 11.8. The minimum Gasteiger partial charge on any atom is -0.414 e. The summed E-state index contributed by atoms with van der Waals surface area (Å²) in [5, 5.41) is 0. The quantitative estimate of drug-likeness (QED) is 0.260. The Morgan fingerprint density at radius 1 is 0.706 bits per heavy atom. The van der Waals surface area contributed by atoms with Crippen molar-refractivity contribution >= 4 is 25.0 Å². The van der Waals surface area contributed by atoms with E-state index in [-0.39, 0.29) is 17.6 Å². The SMILES string of the molecule is C[C@]12CCC(O[Si](C)(C)C)C(O[Si](C)(C)C)C1=CC[C@@H]1[C@@H]2CC[C@]2(C)C(O[Si](C)(C)C)CC[C@@H]12. The lowest BCUT2D eigenvalue weighted by Gasteiger charge is -2.60. The van der Waals surface area contributed by atoms with Gasteiger partial charge >= 0.3 is 0 Å². The van der Waals surface area contributed by atoms with Crippen molar-refractivity contribution in [3.05, 3.63) is 11.6 Å². The van der Waals surface area contributed by atoms with E-state index < -0.39 is 25.0 Å². The van der Waals surface area contributed by atoms with Crippen molar-refractivity contribution in [2.24, 2.45) is 28.6 Å². The van der Waals surface area contributed by atoms with Gasteiger partial charge in [-0.2, -0.15) is 0 Å². The van der Waals surface area contributed by atoms with E-state index in [1.54, 1.807) is 5.57 Å². The number of fused-ring (bicyclic) bond motifs is 5. The summed E-state index contributed by atoms with van der Waals surface area (Å²) in [6.07, 6.45) is 12.5. The van der Waals surface area contributed by atoms with E-state index in [0.29, 0.717) is 11.5 Å². The van der Waals surface area contributed by atoms with Crippen molar-refractivity contribution < 1.29 is 13.3 Å². The molecule has 3 saturated carbocycles. The smallest absolute Gasteiger partial charge is 0.184 e. The molecule has 0 heterocycles. The molecule has 4 aliphatic rings. The topological polar surface area (TPSA) is 27.7 Å². The second kappa shape index (κ2) is 8.94. The normalized spacial score (nSPS) is 43.1. The van der Waals surface area contributed by atoms with Gasteiger partial charge in [-0.15, -0.1) is 0 Å². The molecule has 0 aromatic rings. The molecule has 0 amide bonds. The summed E-state index contributed by atoms with van der Waals surface area (Å²) in [7, 11) is -4.86. The van der Waals surface area contributed by atoms with Crippen LogP contribution in [-0.4, -0.2) is 43.3 Å². The van der Waals surface area contributed by atoms with Gasteiger partial charge in [0.25, 0.3) is 0 Å². The van der Waals surface area contributed by atoms with Gasteiger partial charge in [-0.3, -0.25) is 0 Å². The highest BCUT2D eigenvalue weighted by Gasteiger charge is 2.61. The summed E-state index contributed by atoms with van der Waals surface area (Å²) in [6.45, 7) is 26.3. The molecule has 3 unspecified atom stereocenters. The third kappa shape index (κ3) is 5.29. The first kappa shape index (κ1) is 27.3. The molecule has 0 aromatic carbocycles. The molecule has 34 heavy (non-hydrogen) atoms. The zero-order valence-electron chi connectivity index (χ0n) is 24.2. The van der Waals surface area contributed by atoms with E-state index in [1.165, 1.54) is 38.5 Å². The highest BCUT2D eigenvalue weighted by molar-refractivity contribution is 6.70. The summed E-state index contributed by atoms with van der Waals surface area (Å²) >= 11 is 0. The van der Waals surface area contributed by atoms with Gasteiger partial charge in [0.05, 0.1) is 18.3 Å². The van der Waals surface area contributed by atoms with Crippen molar-refractivity contribution in [2.75, 3.05) is 0 Å². The molecule has 0 spiro atoms. The predicted octanol–water partition coefficient (Wildman–Crippen LogP) is 8.22. The molecule has 0 saturated heterocycles. The molecule has 6 heteroatoms. The van der Waals surface area contributed by atoms with Crippen LogP contribution in [0.2, 0.25) is 58.9 Å². The highest BCUT2D eigenvalue weighted by atomic mass is 28.4. The van der Waals surface area contributed by atoms with Crippen molar-refractivity contribution in [3.8, 4) is 0 Å². The van der Waals surface area contributed by atoms with E-state index in [2.05, 4.69) is 78.8 Å². The fraction of sp³-hybridized carbons (Fsp3) is 0.929. The average molecular weight is 523 g/mol. The molecule has 0 aliphatic heterocycles. The Morgan fingerprint density at radius 2 is 1.32 bits per heavy atom. The Hall–Kier alpha value is 0.271. The van der Waals surface area contributed by atoms with Crippen LogP contribution in [0.4, 0.5) is 0 Å². The van der Waals surface area contributed by atoms with Crippen LogP contribution in [0, 0.1) is 28.6 Å². The largest absolute Gasteiger partial charge is 0.414 e. The van der Waals surface area contributed by atoms with Crippen LogP contribution in [0.5, 0.6) is 0 Å². The first-order chi connectivity index (χ1) is 15.4. The van der Waals surface area contributed by atoms with Crippen molar-refractivity contribution in [1.29, 1.82) is 0 Å². The van der Waals surface area contributed by atoms with Crippen LogP contribution < -0.4 is 0 Å². The molecule has 0 aromatic heterocycles. The monoisotopic (exact) mass is 522 g/mol. The Labute approximate surface area is 214 Å². The van der Waals surface area contributed by atoms with Crippen LogP contribution in [-0.2, 0) is 13.3 Å². The molecule has 0 radical (unpaired) electrons. The van der Waals surface area contributed by atoms with E-state index in [0.717, 1.165) is 24.2 Å². The second-order valence-corrected chi connectivity index (χ2v) is 28.9. The molecular formula is C28H54O3Si3. The van der Waals surface area contributed by atoms with Crippen LogP contribution in [0.15, 0.2) is 11.6 Å². The first-order valence-electron chi connectivity index (χ1n) is 14.2. The summed E-state index contributed by atoms with van der Waals surface area (Å²) in [4.78, 5) is 0. The standard InChI is InChI=1S/C28H54O3Si3/c1-27-19-17-24(29-32(3,4)5)26(31-34(9,10)11)23(27)13-12-20-21-14-15-25(30-33(6,7)8)28(21,2)18-16-22(20)27/h13,20-22,24-26H,12,14-19H2,1-11H3/t20-,21-,22-,24?,25?,26?,27+,28-/m0/s1.